The van der Waals surface area contributed by atoms with Crippen molar-refractivity contribution in [3.8, 4) is 5.75 Å². The third-order valence-electron chi connectivity index (χ3n) is 6.65. The number of hydrogen-bond acceptors (Lipinski definition) is 4. The van der Waals surface area contributed by atoms with Crippen LogP contribution in [-0.2, 0) is 17.4 Å². The Morgan fingerprint density at radius 3 is 2.68 bits per heavy atom. The second-order valence-electron chi connectivity index (χ2n) is 9.26. The van der Waals surface area contributed by atoms with Crippen molar-refractivity contribution in [1.82, 2.24) is 10.6 Å². The van der Waals surface area contributed by atoms with Gasteiger partial charge in [0.2, 0.25) is 5.91 Å². The molecule has 184 valence electrons. The van der Waals surface area contributed by atoms with Crippen molar-refractivity contribution in [2.24, 2.45) is 0 Å². The number of amides is 1. The van der Waals surface area contributed by atoms with Crippen molar-refractivity contribution >= 4 is 21.8 Å². The molecule has 0 bridgehead atoms. The van der Waals surface area contributed by atoms with E-state index >= 15 is 0 Å². The first kappa shape index (κ1) is 25.0. The van der Waals surface area contributed by atoms with Gasteiger partial charge in [0.25, 0.3) is 0 Å². The summed E-state index contributed by atoms with van der Waals surface area (Å²) in [6, 6.07) is 10.0. The average molecular weight is 541 g/mol. The maximum atomic E-state index is 13.1. The van der Waals surface area contributed by atoms with Crippen LogP contribution in [0.1, 0.15) is 55.3 Å². The standard InChI is InChI=1S/C25H28BrF3N2O3/c1-15(32)31-20(11-16-4-2-5-17(10-16)25(27,28)29)22(33)14-30-21-13-24(8-3-9-24)34-23-7-6-18(26)12-19(21)23/h2,4-7,10,12,20-22,30,33H,3,8-9,11,13-14H2,1H3,(H,31,32)/t20-,21-,22+/m0/s1. The summed E-state index contributed by atoms with van der Waals surface area (Å²) in [6.45, 7) is 1.49. The number of benzene rings is 2. The van der Waals surface area contributed by atoms with Crippen LogP contribution in [-0.4, -0.2) is 35.3 Å². The molecule has 3 N–H and O–H groups in total. The van der Waals surface area contributed by atoms with E-state index in [9.17, 15) is 23.1 Å². The SMILES string of the molecule is CC(=O)N[C@@H](Cc1cccc(C(F)(F)F)c1)[C@H](O)CN[C@H]1CC2(CCC2)Oc2ccc(Br)cc21. The van der Waals surface area contributed by atoms with Crippen LogP contribution in [0, 0.1) is 0 Å². The molecule has 1 aliphatic carbocycles. The van der Waals surface area contributed by atoms with Gasteiger partial charge in [0.15, 0.2) is 0 Å². The molecule has 1 spiro atoms. The van der Waals surface area contributed by atoms with Crippen molar-refractivity contribution in [1.29, 1.82) is 0 Å². The lowest BCUT2D eigenvalue weighted by Crippen LogP contribution is -2.52. The highest BCUT2D eigenvalue weighted by Crippen LogP contribution is 2.49. The highest BCUT2D eigenvalue weighted by atomic mass is 79.9. The molecule has 5 nitrogen and oxygen atoms in total. The van der Waals surface area contributed by atoms with Crippen LogP contribution in [0.2, 0.25) is 0 Å². The van der Waals surface area contributed by atoms with E-state index in [2.05, 4.69) is 26.6 Å². The summed E-state index contributed by atoms with van der Waals surface area (Å²) in [6.07, 6.45) is -1.55. The summed E-state index contributed by atoms with van der Waals surface area (Å²) in [5.74, 6) is 0.466. The number of halogens is 4. The largest absolute Gasteiger partial charge is 0.487 e. The molecule has 2 aromatic carbocycles. The van der Waals surface area contributed by atoms with E-state index in [1.54, 1.807) is 6.07 Å². The molecule has 4 rings (SSSR count). The van der Waals surface area contributed by atoms with Gasteiger partial charge in [-0.05, 0) is 55.5 Å². The van der Waals surface area contributed by atoms with Gasteiger partial charge in [-0.1, -0.05) is 34.1 Å². The smallest absolute Gasteiger partial charge is 0.416 e. The molecular weight excluding hydrogens is 513 g/mol. The summed E-state index contributed by atoms with van der Waals surface area (Å²) in [5, 5.41) is 17.1. The van der Waals surface area contributed by atoms with Crippen molar-refractivity contribution in [3.63, 3.8) is 0 Å². The second-order valence-corrected chi connectivity index (χ2v) is 10.2. The van der Waals surface area contributed by atoms with Crippen molar-refractivity contribution in [2.75, 3.05) is 6.54 Å². The predicted octanol–water partition coefficient (Wildman–Crippen LogP) is 4.91. The molecule has 1 fully saturated rings. The van der Waals surface area contributed by atoms with E-state index in [0.29, 0.717) is 5.56 Å². The quantitative estimate of drug-likeness (QED) is 0.466. The van der Waals surface area contributed by atoms with Gasteiger partial charge in [-0.25, -0.2) is 0 Å². The molecule has 34 heavy (non-hydrogen) atoms. The highest BCUT2D eigenvalue weighted by Gasteiger charge is 2.45. The summed E-state index contributed by atoms with van der Waals surface area (Å²) in [4.78, 5) is 11.8. The number of ether oxygens (including phenoxy) is 1. The van der Waals surface area contributed by atoms with Crippen molar-refractivity contribution < 1.29 is 27.8 Å². The Labute approximate surface area is 205 Å². The van der Waals surface area contributed by atoms with Gasteiger partial charge < -0.3 is 20.5 Å². The van der Waals surface area contributed by atoms with Crippen LogP contribution in [0.4, 0.5) is 13.2 Å². The third-order valence-corrected chi connectivity index (χ3v) is 7.14. The number of nitrogens with one attached hydrogen (secondary N) is 2. The molecular formula is C25H28BrF3N2O3. The Morgan fingerprint density at radius 1 is 1.26 bits per heavy atom. The van der Waals surface area contributed by atoms with E-state index in [1.807, 2.05) is 18.2 Å². The number of fused-ring (bicyclic) bond motifs is 1. The predicted molar refractivity (Wildman–Crippen MR) is 125 cm³/mol. The zero-order valence-electron chi connectivity index (χ0n) is 18.8. The fourth-order valence-electron chi connectivity index (χ4n) is 4.78. The molecule has 2 aromatic rings. The lowest BCUT2D eigenvalue weighted by atomic mass is 9.73. The maximum Gasteiger partial charge on any atom is 0.416 e. The van der Waals surface area contributed by atoms with Gasteiger partial charge in [0.1, 0.15) is 11.4 Å². The van der Waals surface area contributed by atoms with Gasteiger partial charge in [-0.2, -0.15) is 13.2 Å². The molecule has 9 heteroatoms. The first-order valence-electron chi connectivity index (χ1n) is 11.4. The van der Waals surface area contributed by atoms with Crippen LogP contribution < -0.4 is 15.4 Å². The summed E-state index contributed by atoms with van der Waals surface area (Å²) >= 11 is 3.50. The van der Waals surface area contributed by atoms with Crippen LogP contribution >= 0.6 is 15.9 Å². The zero-order chi connectivity index (χ0) is 24.5. The van der Waals surface area contributed by atoms with E-state index < -0.39 is 23.9 Å². The Balaban J connectivity index is 1.48. The Bertz CT molecular complexity index is 1040. The topological polar surface area (TPSA) is 70.6 Å². The number of rotatable bonds is 7. The highest BCUT2D eigenvalue weighted by molar-refractivity contribution is 9.10. The minimum absolute atomic E-state index is 0.0530. The number of aliphatic hydroxyl groups excluding tert-OH is 1. The van der Waals surface area contributed by atoms with Gasteiger partial charge in [-0.15, -0.1) is 0 Å². The van der Waals surface area contributed by atoms with E-state index in [4.69, 9.17) is 4.74 Å². The minimum atomic E-state index is -4.46. The number of alkyl halides is 3. The number of hydrogen-bond donors (Lipinski definition) is 3. The molecule has 1 saturated carbocycles. The van der Waals surface area contributed by atoms with Crippen LogP contribution in [0.3, 0.4) is 0 Å². The number of aliphatic hydroxyl groups is 1. The van der Waals surface area contributed by atoms with Gasteiger partial charge in [0.05, 0.1) is 17.7 Å². The molecule has 0 saturated heterocycles. The first-order chi connectivity index (χ1) is 16.0. The Hall–Kier alpha value is -2.10. The first-order valence-corrected chi connectivity index (χ1v) is 12.2. The monoisotopic (exact) mass is 540 g/mol. The minimum Gasteiger partial charge on any atom is -0.487 e. The van der Waals surface area contributed by atoms with Crippen LogP contribution in [0.25, 0.3) is 0 Å². The fourth-order valence-corrected chi connectivity index (χ4v) is 5.16. The molecule has 0 aromatic heterocycles. The van der Waals surface area contributed by atoms with Crippen molar-refractivity contribution in [2.45, 2.75) is 69.0 Å². The molecule has 1 heterocycles. The fraction of sp³-hybridized carbons (Fsp3) is 0.480. The molecule has 1 aliphatic heterocycles. The second kappa shape index (κ2) is 9.87. The summed E-state index contributed by atoms with van der Waals surface area (Å²) in [5.41, 5.74) is 0.433. The number of carbonyl (C=O) groups excluding carboxylic acids is 1. The normalized spacial score (nSPS) is 20.6. The third kappa shape index (κ3) is 5.75. The van der Waals surface area contributed by atoms with E-state index in [1.165, 1.54) is 13.0 Å². The Kier molecular flexibility index (Phi) is 7.26. The average Bonchev–Trinajstić information content (AvgIpc) is 2.75. The van der Waals surface area contributed by atoms with Crippen molar-refractivity contribution in [3.05, 3.63) is 63.6 Å². The molecule has 1 amide bonds. The van der Waals surface area contributed by atoms with Gasteiger partial charge in [-0.3, -0.25) is 4.79 Å². The van der Waals surface area contributed by atoms with Gasteiger partial charge in [0, 0.05) is 36.0 Å². The molecule has 0 radical (unpaired) electrons. The van der Waals surface area contributed by atoms with Crippen LogP contribution in [0.5, 0.6) is 5.75 Å². The summed E-state index contributed by atoms with van der Waals surface area (Å²) < 4.78 is 46.5. The molecule has 3 atom stereocenters. The summed E-state index contributed by atoms with van der Waals surface area (Å²) in [7, 11) is 0. The van der Waals surface area contributed by atoms with E-state index in [0.717, 1.165) is 53.6 Å². The Morgan fingerprint density at radius 2 is 2.03 bits per heavy atom. The van der Waals surface area contributed by atoms with E-state index in [-0.39, 0.29) is 30.5 Å². The maximum absolute atomic E-state index is 13.1. The molecule has 2 aliphatic rings. The lowest BCUT2D eigenvalue weighted by molar-refractivity contribution is -0.137. The number of carbonyl (C=O) groups is 1. The van der Waals surface area contributed by atoms with Gasteiger partial charge >= 0.3 is 6.18 Å². The lowest BCUT2D eigenvalue weighted by Gasteiger charge is -2.48. The molecule has 0 unspecified atom stereocenters. The van der Waals surface area contributed by atoms with Crippen LogP contribution in [0.15, 0.2) is 46.9 Å². The zero-order valence-corrected chi connectivity index (χ0v) is 20.4.